The minimum Gasteiger partial charge on any atom is -0.494 e. The number of aromatic carboxylic acids is 1. The topological polar surface area (TPSA) is 76.4 Å². The lowest BCUT2D eigenvalue weighted by molar-refractivity contribution is 0.0686. The van der Waals surface area contributed by atoms with Crippen molar-refractivity contribution < 1.29 is 14.6 Å². The first-order valence-electron chi connectivity index (χ1n) is 6.82. The molecule has 0 atom stereocenters. The van der Waals surface area contributed by atoms with Gasteiger partial charge in [0.2, 0.25) is 0 Å². The number of benzene rings is 1. The van der Waals surface area contributed by atoms with Gasteiger partial charge in [0.1, 0.15) is 5.75 Å². The summed E-state index contributed by atoms with van der Waals surface area (Å²) in [6, 6.07) is 7.73. The van der Waals surface area contributed by atoms with Gasteiger partial charge in [-0.15, -0.1) is 0 Å². The number of aromatic nitrogens is 2. The van der Waals surface area contributed by atoms with Gasteiger partial charge in [-0.3, -0.25) is 4.68 Å². The van der Waals surface area contributed by atoms with Gasteiger partial charge in [0, 0.05) is 13.6 Å². The van der Waals surface area contributed by atoms with Crippen molar-refractivity contribution in [2.45, 2.75) is 19.9 Å². The highest BCUT2D eigenvalue weighted by Crippen LogP contribution is 2.18. The summed E-state index contributed by atoms with van der Waals surface area (Å²) >= 11 is 0. The maximum absolute atomic E-state index is 11.2. The quantitative estimate of drug-likeness (QED) is 0.819. The molecule has 112 valence electrons. The van der Waals surface area contributed by atoms with Crippen LogP contribution in [-0.4, -0.2) is 27.5 Å². The molecule has 1 heterocycles. The number of nitrogens with zero attached hydrogens (tertiary/aromatic N) is 2. The van der Waals surface area contributed by atoms with Gasteiger partial charge in [0.15, 0.2) is 5.69 Å². The Morgan fingerprint density at radius 1 is 1.48 bits per heavy atom. The summed E-state index contributed by atoms with van der Waals surface area (Å²) < 4.78 is 6.91. The Bertz CT molecular complexity index is 622. The molecule has 0 spiro atoms. The summed E-state index contributed by atoms with van der Waals surface area (Å²) in [4.78, 5) is 11.2. The highest BCUT2D eigenvalue weighted by Gasteiger charge is 2.15. The third kappa shape index (κ3) is 3.75. The molecule has 0 aliphatic rings. The van der Waals surface area contributed by atoms with Crippen molar-refractivity contribution in [2.75, 3.05) is 11.9 Å². The van der Waals surface area contributed by atoms with Gasteiger partial charge in [-0.05, 0) is 24.1 Å². The van der Waals surface area contributed by atoms with Crippen molar-refractivity contribution >= 4 is 11.7 Å². The van der Waals surface area contributed by atoms with Gasteiger partial charge < -0.3 is 15.2 Å². The Labute approximate surface area is 123 Å². The molecule has 0 fully saturated rings. The van der Waals surface area contributed by atoms with Crippen LogP contribution in [0.5, 0.6) is 5.75 Å². The van der Waals surface area contributed by atoms with Gasteiger partial charge >= 0.3 is 5.97 Å². The zero-order valence-corrected chi connectivity index (χ0v) is 12.2. The number of hydrogen-bond donors (Lipinski definition) is 2. The second kappa shape index (κ2) is 6.78. The van der Waals surface area contributed by atoms with E-state index in [0.717, 1.165) is 17.7 Å². The number of carboxylic acids is 1. The van der Waals surface area contributed by atoms with E-state index < -0.39 is 5.97 Å². The molecule has 0 aliphatic heterocycles. The largest absolute Gasteiger partial charge is 0.494 e. The first kappa shape index (κ1) is 14.9. The molecule has 1 aromatic carbocycles. The predicted molar refractivity (Wildman–Crippen MR) is 79.7 cm³/mol. The highest BCUT2D eigenvalue weighted by molar-refractivity contribution is 5.92. The second-order valence-corrected chi connectivity index (χ2v) is 4.69. The van der Waals surface area contributed by atoms with Crippen LogP contribution >= 0.6 is 0 Å². The Kier molecular flexibility index (Phi) is 4.81. The van der Waals surface area contributed by atoms with Crippen molar-refractivity contribution in [1.29, 1.82) is 0 Å². The molecule has 0 saturated carbocycles. The fourth-order valence-electron chi connectivity index (χ4n) is 1.98. The first-order valence-corrected chi connectivity index (χ1v) is 6.82. The lowest BCUT2D eigenvalue weighted by atomic mass is 10.2. The zero-order chi connectivity index (χ0) is 15.2. The number of rotatable bonds is 7. The molecule has 2 N–H and O–H groups in total. The molecule has 0 saturated heterocycles. The van der Waals surface area contributed by atoms with Gasteiger partial charge in [-0.1, -0.05) is 19.1 Å². The summed E-state index contributed by atoms with van der Waals surface area (Å²) in [7, 11) is 1.61. The summed E-state index contributed by atoms with van der Waals surface area (Å²) in [5.41, 5.74) is 1.67. The van der Waals surface area contributed by atoms with Crippen molar-refractivity contribution in [2.24, 2.45) is 7.05 Å². The van der Waals surface area contributed by atoms with Crippen LogP contribution in [0.4, 0.5) is 5.69 Å². The predicted octanol–water partition coefficient (Wildman–Crippen LogP) is 2.52. The third-order valence-corrected chi connectivity index (χ3v) is 3.00. The van der Waals surface area contributed by atoms with Crippen LogP contribution in [0.25, 0.3) is 0 Å². The molecule has 6 heteroatoms. The van der Waals surface area contributed by atoms with E-state index in [4.69, 9.17) is 9.84 Å². The van der Waals surface area contributed by atoms with Crippen LogP contribution in [0.1, 0.15) is 29.4 Å². The minimum atomic E-state index is -1.00. The Morgan fingerprint density at radius 2 is 2.29 bits per heavy atom. The average molecular weight is 289 g/mol. The van der Waals surface area contributed by atoms with Crippen molar-refractivity contribution in [1.82, 2.24) is 9.78 Å². The number of carbonyl (C=O) groups is 1. The van der Waals surface area contributed by atoms with Gasteiger partial charge in [-0.2, -0.15) is 5.10 Å². The standard InChI is InChI=1S/C15H19N3O3/c1-3-7-21-12-6-4-5-11(8-12)9-16-13-10-17-18(2)14(13)15(19)20/h4-6,8,10,16H,3,7,9H2,1-2H3,(H,19,20). The van der Waals surface area contributed by atoms with Crippen molar-refractivity contribution in [3.63, 3.8) is 0 Å². The van der Waals surface area contributed by atoms with Gasteiger partial charge in [0.05, 0.1) is 18.5 Å². The summed E-state index contributed by atoms with van der Waals surface area (Å²) in [6.07, 6.45) is 2.47. The molecule has 1 aromatic heterocycles. The SMILES string of the molecule is CCCOc1cccc(CNc2cnn(C)c2C(=O)O)c1. The van der Waals surface area contributed by atoms with E-state index in [1.54, 1.807) is 7.05 Å². The minimum absolute atomic E-state index is 0.147. The molecular weight excluding hydrogens is 270 g/mol. The molecule has 0 radical (unpaired) electrons. The number of ether oxygens (including phenoxy) is 1. The first-order chi connectivity index (χ1) is 10.1. The van der Waals surface area contributed by atoms with E-state index in [-0.39, 0.29) is 5.69 Å². The second-order valence-electron chi connectivity index (χ2n) is 4.69. The molecule has 21 heavy (non-hydrogen) atoms. The zero-order valence-electron chi connectivity index (χ0n) is 12.2. The molecular formula is C15H19N3O3. The fraction of sp³-hybridized carbons (Fsp3) is 0.333. The molecule has 2 aromatic rings. The lowest BCUT2D eigenvalue weighted by Gasteiger charge is -2.09. The Balaban J connectivity index is 2.05. The van der Waals surface area contributed by atoms with E-state index in [2.05, 4.69) is 17.3 Å². The number of hydrogen-bond acceptors (Lipinski definition) is 4. The van der Waals surface area contributed by atoms with Crippen LogP contribution in [0.15, 0.2) is 30.5 Å². The van der Waals surface area contributed by atoms with E-state index in [0.29, 0.717) is 18.8 Å². The fourth-order valence-corrected chi connectivity index (χ4v) is 1.98. The third-order valence-electron chi connectivity index (χ3n) is 3.00. The average Bonchev–Trinajstić information content (AvgIpc) is 2.84. The van der Waals surface area contributed by atoms with Crippen LogP contribution in [-0.2, 0) is 13.6 Å². The number of carboxylic acid groups (broad SMARTS) is 1. The molecule has 0 unspecified atom stereocenters. The van der Waals surface area contributed by atoms with Crippen LogP contribution in [0.3, 0.4) is 0 Å². The Hall–Kier alpha value is -2.50. The number of anilines is 1. The molecule has 2 rings (SSSR count). The lowest BCUT2D eigenvalue weighted by Crippen LogP contribution is -2.09. The van der Waals surface area contributed by atoms with Crippen LogP contribution < -0.4 is 10.1 Å². The smallest absolute Gasteiger partial charge is 0.356 e. The van der Waals surface area contributed by atoms with Gasteiger partial charge in [0.25, 0.3) is 0 Å². The van der Waals surface area contributed by atoms with Gasteiger partial charge in [-0.25, -0.2) is 4.79 Å². The monoisotopic (exact) mass is 289 g/mol. The maximum Gasteiger partial charge on any atom is 0.356 e. The van der Waals surface area contributed by atoms with E-state index >= 15 is 0 Å². The molecule has 0 bridgehead atoms. The summed E-state index contributed by atoms with van der Waals surface area (Å²) in [5.74, 6) is -0.182. The van der Waals surface area contributed by atoms with E-state index in [1.807, 2.05) is 24.3 Å². The Morgan fingerprint density at radius 3 is 3.00 bits per heavy atom. The van der Waals surface area contributed by atoms with Crippen molar-refractivity contribution in [3.8, 4) is 5.75 Å². The van der Waals surface area contributed by atoms with Crippen LogP contribution in [0.2, 0.25) is 0 Å². The molecule has 0 aliphatic carbocycles. The highest BCUT2D eigenvalue weighted by atomic mass is 16.5. The maximum atomic E-state index is 11.2. The normalized spacial score (nSPS) is 10.4. The molecule has 6 nitrogen and oxygen atoms in total. The molecule has 0 amide bonds. The number of nitrogens with one attached hydrogen (secondary N) is 1. The number of aryl methyl sites for hydroxylation is 1. The van der Waals surface area contributed by atoms with E-state index in [1.165, 1.54) is 10.9 Å². The van der Waals surface area contributed by atoms with Crippen LogP contribution in [0, 0.1) is 0 Å². The van der Waals surface area contributed by atoms with E-state index in [9.17, 15) is 4.79 Å². The summed E-state index contributed by atoms with van der Waals surface area (Å²) in [6.45, 7) is 3.25. The summed E-state index contributed by atoms with van der Waals surface area (Å²) in [5, 5.41) is 16.2. The van der Waals surface area contributed by atoms with Crippen molar-refractivity contribution in [3.05, 3.63) is 41.7 Å².